The number of fused-ring (bicyclic) bond motifs is 2. The number of ketones is 2. The van der Waals surface area contributed by atoms with E-state index in [-0.39, 0.29) is 44.0 Å². The zero-order valence-electron chi connectivity index (χ0n) is 31.8. The molecule has 0 unspecified atom stereocenters. The van der Waals surface area contributed by atoms with Crippen molar-refractivity contribution < 1.29 is 47.7 Å². The van der Waals surface area contributed by atoms with Crippen molar-refractivity contribution in [3.05, 3.63) is 65.2 Å². The van der Waals surface area contributed by atoms with Crippen LogP contribution >= 0.6 is 15.9 Å². The molecule has 2 atom stereocenters. The Morgan fingerprint density at radius 1 is 0.778 bits per heavy atom. The van der Waals surface area contributed by atoms with Gasteiger partial charge < -0.3 is 39.4 Å². The van der Waals surface area contributed by atoms with Crippen molar-refractivity contribution in [1.82, 2.24) is 10.6 Å². The molecule has 0 saturated heterocycles. The molecule has 0 saturated carbocycles. The van der Waals surface area contributed by atoms with Gasteiger partial charge in [-0.15, -0.1) is 0 Å². The highest BCUT2D eigenvalue weighted by molar-refractivity contribution is 9.10. The summed E-state index contributed by atoms with van der Waals surface area (Å²) in [6.45, 7) is 16.7. The van der Waals surface area contributed by atoms with Gasteiger partial charge in [0.15, 0.2) is 11.6 Å². The maximum atomic E-state index is 12.7. The molecule has 0 aromatic heterocycles. The molecule has 0 aliphatic carbocycles. The van der Waals surface area contributed by atoms with Gasteiger partial charge in [0.25, 0.3) is 11.8 Å². The summed E-state index contributed by atoms with van der Waals surface area (Å²) in [4.78, 5) is 72.7. The molecule has 2 aromatic carbocycles. The number of allylic oxidation sites excluding steroid dienone is 2. The predicted octanol–water partition coefficient (Wildman–Crippen LogP) is 6.63. The molecule has 2 N–H and O–H groups in total. The van der Waals surface area contributed by atoms with Crippen LogP contribution in [0.25, 0.3) is 6.08 Å². The second kappa shape index (κ2) is 20.3. The van der Waals surface area contributed by atoms with Gasteiger partial charge in [-0.1, -0.05) is 42.1 Å². The van der Waals surface area contributed by atoms with E-state index in [1.807, 2.05) is 6.07 Å². The van der Waals surface area contributed by atoms with Gasteiger partial charge in [0.2, 0.25) is 0 Å². The summed E-state index contributed by atoms with van der Waals surface area (Å²) < 4.78 is 22.5. The lowest BCUT2D eigenvalue weighted by molar-refractivity contribution is -0.121. The second-order valence-corrected chi connectivity index (χ2v) is 14.8. The maximum absolute atomic E-state index is 12.7. The third-order valence-electron chi connectivity index (χ3n) is 6.87. The molecule has 2 aliphatic heterocycles. The number of amides is 4. The quantitative estimate of drug-likeness (QED) is 0.312. The van der Waals surface area contributed by atoms with E-state index >= 15 is 0 Å². The second-order valence-electron chi connectivity index (χ2n) is 13.9. The van der Waals surface area contributed by atoms with E-state index in [1.54, 1.807) is 92.0 Å². The molecular formula is C39H53BrN4O10. The van der Waals surface area contributed by atoms with Gasteiger partial charge in [-0.3, -0.25) is 19.2 Å². The van der Waals surface area contributed by atoms with E-state index < -0.39 is 35.5 Å². The molecule has 15 heteroatoms. The highest BCUT2D eigenvalue weighted by Crippen LogP contribution is 2.34. The van der Waals surface area contributed by atoms with Crippen molar-refractivity contribution in [2.75, 3.05) is 37.1 Å². The van der Waals surface area contributed by atoms with Crippen LogP contribution in [0.15, 0.2) is 59.6 Å². The van der Waals surface area contributed by atoms with Crippen molar-refractivity contribution in [2.45, 2.75) is 86.1 Å². The number of nitrogens with one attached hydrogen (secondary N) is 2. The number of halogens is 1. The normalized spacial score (nSPS) is 16.4. The van der Waals surface area contributed by atoms with E-state index in [0.717, 1.165) is 10.0 Å². The lowest BCUT2D eigenvalue weighted by Gasteiger charge is -2.23. The number of anilines is 2. The number of benzene rings is 2. The number of ether oxygens (including phenoxy) is 4. The van der Waals surface area contributed by atoms with Gasteiger partial charge in [0.1, 0.15) is 48.0 Å². The minimum atomic E-state index is -0.863. The Labute approximate surface area is 326 Å². The smallest absolute Gasteiger partial charge is 0.408 e. The molecule has 14 nitrogen and oxygen atoms in total. The fraction of sp³-hybridized carbons (Fsp3) is 0.436. The third-order valence-corrected chi connectivity index (χ3v) is 7.37. The number of carbonyl (C=O) groups excluding carboxylic acids is 6. The lowest BCUT2D eigenvalue weighted by Crippen LogP contribution is -2.50. The Kier molecular flexibility index (Phi) is 17.6. The average Bonchev–Trinajstić information content (AvgIpc) is 3.23. The molecule has 54 heavy (non-hydrogen) atoms. The van der Waals surface area contributed by atoms with E-state index in [0.29, 0.717) is 22.9 Å². The SMILES string of the molecule is C.C=CC(C)=O.CC(=O)/C=C/c1ccc2c(c1)N(C)C(=O)[C@@H](NC(=O)OC(C)(C)C)CO2.CN1C(=O)[C@@H](NC(=O)OC(C)(C)C)COc2ccc(Br)cc21. The minimum Gasteiger partial charge on any atom is -0.489 e. The number of alkyl carbamates (subject to hydrolysis) is 2. The lowest BCUT2D eigenvalue weighted by atomic mass is 10.1. The highest BCUT2D eigenvalue weighted by atomic mass is 79.9. The fourth-order valence-electron chi connectivity index (χ4n) is 4.41. The Morgan fingerprint density at radius 2 is 1.19 bits per heavy atom. The molecule has 2 aromatic rings. The fourth-order valence-corrected chi connectivity index (χ4v) is 4.76. The monoisotopic (exact) mass is 816 g/mol. The van der Waals surface area contributed by atoms with E-state index in [2.05, 4.69) is 33.1 Å². The molecule has 2 heterocycles. The van der Waals surface area contributed by atoms with E-state index in [9.17, 15) is 28.8 Å². The first kappa shape index (κ1) is 46.8. The molecular weight excluding hydrogens is 764 g/mol. The largest absolute Gasteiger partial charge is 0.489 e. The topological polar surface area (TPSA) is 170 Å². The van der Waals surface area contributed by atoms with Crippen LogP contribution in [0.1, 0.15) is 68.4 Å². The minimum absolute atomic E-state index is 0. The molecule has 0 fully saturated rings. The Bertz CT molecular complexity index is 1730. The van der Waals surface area contributed by atoms with Crippen LogP contribution in [-0.4, -0.2) is 86.2 Å². The summed E-state index contributed by atoms with van der Waals surface area (Å²) in [5, 5.41) is 5.11. The van der Waals surface area contributed by atoms with Gasteiger partial charge in [-0.25, -0.2) is 9.59 Å². The summed E-state index contributed by atoms with van der Waals surface area (Å²) in [6, 6.07) is 9.01. The van der Waals surface area contributed by atoms with Crippen molar-refractivity contribution in [3.63, 3.8) is 0 Å². The molecule has 4 rings (SSSR count). The van der Waals surface area contributed by atoms with Crippen molar-refractivity contribution in [2.24, 2.45) is 0 Å². The van der Waals surface area contributed by atoms with Crippen LogP contribution < -0.4 is 29.9 Å². The van der Waals surface area contributed by atoms with E-state index in [4.69, 9.17) is 18.9 Å². The zero-order valence-corrected chi connectivity index (χ0v) is 33.4. The number of nitrogens with zero attached hydrogens (tertiary/aromatic N) is 2. The van der Waals surface area contributed by atoms with Gasteiger partial charge in [0, 0.05) is 18.6 Å². The molecule has 0 radical (unpaired) electrons. The first-order valence-electron chi connectivity index (χ1n) is 16.6. The maximum Gasteiger partial charge on any atom is 0.408 e. The predicted molar refractivity (Wildman–Crippen MR) is 212 cm³/mol. The number of carbonyl (C=O) groups is 6. The Morgan fingerprint density at radius 3 is 1.57 bits per heavy atom. The molecule has 2 aliphatic rings. The first-order valence-corrected chi connectivity index (χ1v) is 17.4. The standard InChI is InChI=1S/C19H24N2O5.C15H19BrN2O4.C4H6O.CH4/c1-12(22)6-7-13-8-9-16-15(10-13)21(5)17(23)14(11-25-16)20-18(24)26-19(2,3)4;1-15(2,3)22-14(20)17-10-8-21-12-6-5-9(16)7-11(12)18(4)13(10)19;1-3-4(2)5;/h6-10,14H,11H2,1-5H3,(H,20,24);5-7,10H,8H2,1-4H3,(H,17,20);3H,1H2,2H3;1H4/b7-6+;;;/t14-;10-;;/m00../s1. The zero-order chi connectivity index (χ0) is 40.3. The van der Waals surface area contributed by atoms with Crippen LogP contribution in [-0.2, 0) is 28.7 Å². The van der Waals surface area contributed by atoms with E-state index in [1.165, 1.54) is 35.8 Å². The first-order chi connectivity index (χ1) is 24.5. The van der Waals surface area contributed by atoms with Crippen LogP contribution in [0.5, 0.6) is 11.5 Å². The molecule has 296 valence electrons. The molecule has 4 amide bonds. The Balaban J connectivity index is 0.000000476. The van der Waals surface area contributed by atoms with Crippen molar-refractivity contribution in [1.29, 1.82) is 0 Å². The molecule has 0 bridgehead atoms. The summed E-state index contributed by atoms with van der Waals surface area (Å²) in [5.74, 6) is 0.485. The summed E-state index contributed by atoms with van der Waals surface area (Å²) >= 11 is 3.37. The van der Waals surface area contributed by atoms with Gasteiger partial charge in [0.05, 0.1) is 11.4 Å². The number of hydrogen-bond donors (Lipinski definition) is 2. The number of likely N-dealkylation sites (N-methyl/N-ethyl adjacent to an activating group) is 2. The number of hydrogen-bond acceptors (Lipinski definition) is 10. The van der Waals surface area contributed by atoms with Crippen LogP contribution in [0.3, 0.4) is 0 Å². The van der Waals surface area contributed by atoms with Crippen molar-refractivity contribution in [3.8, 4) is 11.5 Å². The Hall–Kier alpha value is -5.18. The van der Waals surface area contributed by atoms with Crippen molar-refractivity contribution >= 4 is 68.9 Å². The van der Waals surface area contributed by atoms with Gasteiger partial charge >= 0.3 is 12.2 Å². The summed E-state index contributed by atoms with van der Waals surface area (Å²) in [5.41, 5.74) is 0.687. The van der Waals surface area contributed by atoms with Crippen LogP contribution in [0.2, 0.25) is 0 Å². The van der Waals surface area contributed by atoms with Gasteiger partial charge in [-0.2, -0.15) is 0 Å². The average molecular weight is 818 g/mol. The third kappa shape index (κ3) is 15.4. The summed E-state index contributed by atoms with van der Waals surface area (Å²) in [6.07, 6.45) is 3.08. The number of rotatable bonds is 5. The summed E-state index contributed by atoms with van der Waals surface area (Å²) in [7, 11) is 3.25. The highest BCUT2D eigenvalue weighted by Gasteiger charge is 2.33. The van der Waals surface area contributed by atoms with Crippen LogP contribution in [0, 0.1) is 0 Å². The molecule has 0 spiro atoms. The van der Waals surface area contributed by atoms with Crippen LogP contribution in [0.4, 0.5) is 21.0 Å². The van der Waals surface area contributed by atoms with Gasteiger partial charge in [-0.05, 0) is 103 Å².